The molecule has 0 fully saturated rings. The zero-order valence-corrected chi connectivity index (χ0v) is 12.7. The number of thiophene rings is 1. The van der Waals surface area contributed by atoms with Crippen LogP contribution in [-0.2, 0) is 6.42 Å². The minimum atomic E-state index is -0.0468. The maximum absolute atomic E-state index is 12.0. The zero-order chi connectivity index (χ0) is 14.3. The normalized spacial score (nSPS) is 13.9. The van der Waals surface area contributed by atoms with E-state index < -0.39 is 0 Å². The summed E-state index contributed by atoms with van der Waals surface area (Å²) in [4.78, 5) is 15.1. The Morgan fingerprint density at radius 3 is 2.84 bits per heavy atom. The van der Waals surface area contributed by atoms with Gasteiger partial charge >= 0.3 is 6.03 Å². The second-order valence-corrected chi connectivity index (χ2v) is 5.99. The van der Waals surface area contributed by atoms with E-state index in [2.05, 4.69) is 23.7 Å². The highest BCUT2D eigenvalue weighted by molar-refractivity contribution is 7.09. The molecule has 0 saturated heterocycles. The third-order valence-electron chi connectivity index (χ3n) is 3.22. The lowest BCUT2D eigenvalue weighted by atomic mass is 10.2. The van der Waals surface area contributed by atoms with Crippen molar-refractivity contribution in [2.24, 2.45) is 0 Å². The van der Waals surface area contributed by atoms with Crippen molar-refractivity contribution >= 4 is 17.4 Å². The van der Waals surface area contributed by atoms with Gasteiger partial charge in [0, 0.05) is 37.0 Å². The number of rotatable bonds is 7. The number of hydrogen-bond donors (Lipinski definition) is 2. The Bertz CT molecular complexity index is 368. The molecule has 2 unspecified atom stereocenters. The number of likely N-dealkylation sites (N-methyl/N-ethyl adjacent to an activating group) is 1. The summed E-state index contributed by atoms with van der Waals surface area (Å²) in [5, 5.41) is 13.8. The molecule has 4 nitrogen and oxygen atoms in total. The highest BCUT2D eigenvalue weighted by Gasteiger charge is 2.17. The minimum Gasteiger partial charge on any atom is -0.396 e. The summed E-state index contributed by atoms with van der Waals surface area (Å²) in [6.45, 7) is 4.19. The molecule has 0 bridgehead atoms. The Labute approximate surface area is 119 Å². The largest absolute Gasteiger partial charge is 0.396 e. The Morgan fingerprint density at radius 1 is 1.53 bits per heavy atom. The standard InChI is InChI=1S/C14H24N2O2S/c1-11(6-4-8-17)15-14(18)16(3)12(2)10-13-7-5-9-19-13/h5,7,9,11-12,17H,4,6,8,10H2,1-3H3,(H,15,18). The van der Waals surface area contributed by atoms with Gasteiger partial charge in [-0.1, -0.05) is 6.07 Å². The molecular weight excluding hydrogens is 260 g/mol. The Kier molecular flexibility index (Phi) is 6.87. The summed E-state index contributed by atoms with van der Waals surface area (Å²) in [5.74, 6) is 0. The maximum Gasteiger partial charge on any atom is 0.317 e. The van der Waals surface area contributed by atoms with E-state index in [4.69, 9.17) is 5.11 Å². The fraction of sp³-hybridized carbons (Fsp3) is 0.643. The first-order chi connectivity index (χ1) is 9.04. The van der Waals surface area contributed by atoms with Gasteiger partial charge < -0.3 is 15.3 Å². The molecule has 0 radical (unpaired) electrons. The molecule has 0 aliphatic rings. The van der Waals surface area contributed by atoms with Crippen LogP contribution in [0.5, 0.6) is 0 Å². The molecule has 108 valence electrons. The molecule has 0 saturated carbocycles. The van der Waals surface area contributed by atoms with E-state index in [1.807, 2.05) is 20.0 Å². The van der Waals surface area contributed by atoms with Crippen LogP contribution in [0, 0.1) is 0 Å². The molecule has 19 heavy (non-hydrogen) atoms. The van der Waals surface area contributed by atoms with E-state index in [0.29, 0.717) is 0 Å². The van der Waals surface area contributed by atoms with Crippen LogP contribution in [0.25, 0.3) is 0 Å². The number of hydrogen-bond acceptors (Lipinski definition) is 3. The highest BCUT2D eigenvalue weighted by atomic mass is 32.1. The second-order valence-electron chi connectivity index (χ2n) is 4.96. The summed E-state index contributed by atoms with van der Waals surface area (Å²) in [6, 6.07) is 4.34. The van der Waals surface area contributed by atoms with Crippen molar-refractivity contribution in [3.05, 3.63) is 22.4 Å². The van der Waals surface area contributed by atoms with Crippen LogP contribution >= 0.6 is 11.3 Å². The number of urea groups is 1. The number of carbonyl (C=O) groups excluding carboxylic acids is 1. The van der Waals surface area contributed by atoms with Crippen LogP contribution in [0.1, 0.15) is 31.6 Å². The molecule has 1 heterocycles. The smallest absolute Gasteiger partial charge is 0.317 e. The van der Waals surface area contributed by atoms with Crippen molar-refractivity contribution in [2.45, 2.75) is 45.2 Å². The molecule has 1 rings (SSSR count). The SMILES string of the molecule is CC(CCCO)NC(=O)N(C)C(C)Cc1cccs1. The summed E-state index contributed by atoms with van der Waals surface area (Å²) >= 11 is 1.72. The monoisotopic (exact) mass is 284 g/mol. The van der Waals surface area contributed by atoms with Gasteiger partial charge in [-0.2, -0.15) is 0 Å². The maximum atomic E-state index is 12.0. The Hall–Kier alpha value is -1.07. The van der Waals surface area contributed by atoms with Gasteiger partial charge in [-0.15, -0.1) is 11.3 Å². The van der Waals surface area contributed by atoms with E-state index in [1.165, 1.54) is 4.88 Å². The molecule has 0 aliphatic carbocycles. The lowest BCUT2D eigenvalue weighted by molar-refractivity contribution is 0.188. The highest BCUT2D eigenvalue weighted by Crippen LogP contribution is 2.13. The van der Waals surface area contributed by atoms with Gasteiger partial charge in [0.15, 0.2) is 0 Å². The zero-order valence-electron chi connectivity index (χ0n) is 11.9. The Balaban J connectivity index is 2.38. The summed E-state index contributed by atoms with van der Waals surface area (Å²) < 4.78 is 0. The van der Waals surface area contributed by atoms with Crippen LogP contribution in [-0.4, -0.2) is 41.8 Å². The fourth-order valence-electron chi connectivity index (χ4n) is 1.84. The first-order valence-electron chi connectivity index (χ1n) is 6.71. The van der Waals surface area contributed by atoms with Crippen LogP contribution in [0.3, 0.4) is 0 Å². The average Bonchev–Trinajstić information content (AvgIpc) is 2.88. The predicted octanol–water partition coefficient (Wildman–Crippen LogP) is 2.48. The molecule has 5 heteroatoms. The Morgan fingerprint density at radius 2 is 2.26 bits per heavy atom. The number of amides is 2. The van der Waals surface area contributed by atoms with E-state index >= 15 is 0 Å². The topological polar surface area (TPSA) is 52.6 Å². The van der Waals surface area contributed by atoms with Crippen molar-refractivity contribution in [3.63, 3.8) is 0 Å². The molecule has 0 spiro atoms. The first kappa shape index (κ1) is 16.0. The number of nitrogens with zero attached hydrogens (tertiary/aromatic N) is 1. The van der Waals surface area contributed by atoms with E-state index in [9.17, 15) is 4.79 Å². The minimum absolute atomic E-state index is 0.0468. The number of nitrogens with one attached hydrogen (secondary N) is 1. The first-order valence-corrected chi connectivity index (χ1v) is 7.59. The second kappa shape index (κ2) is 8.17. The van der Waals surface area contributed by atoms with Crippen LogP contribution in [0.4, 0.5) is 4.79 Å². The molecule has 1 aromatic heterocycles. The molecule has 1 aromatic rings. The van der Waals surface area contributed by atoms with Gasteiger partial charge in [0.2, 0.25) is 0 Å². The van der Waals surface area contributed by atoms with Crippen LogP contribution in [0.15, 0.2) is 17.5 Å². The van der Waals surface area contributed by atoms with Gasteiger partial charge in [0.05, 0.1) is 0 Å². The van der Waals surface area contributed by atoms with Gasteiger partial charge in [-0.3, -0.25) is 0 Å². The summed E-state index contributed by atoms with van der Waals surface area (Å²) in [5.41, 5.74) is 0. The third kappa shape index (κ3) is 5.61. The number of carbonyl (C=O) groups is 1. The average molecular weight is 284 g/mol. The molecule has 2 atom stereocenters. The quantitative estimate of drug-likeness (QED) is 0.808. The molecule has 0 aromatic carbocycles. The van der Waals surface area contributed by atoms with E-state index in [1.54, 1.807) is 16.2 Å². The van der Waals surface area contributed by atoms with Crippen molar-refractivity contribution in [2.75, 3.05) is 13.7 Å². The van der Waals surface area contributed by atoms with Crippen molar-refractivity contribution in [1.82, 2.24) is 10.2 Å². The van der Waals surface area contributed by atoms with Crippen LogP contribution < -0.4 is 5.32 Å². The third-order valence-corrected chi connectivity index (χ3v) is 4.12. The lowest BCUT2D eigenvalue weighted by Gasteiger charge is -2.26. The number of aliphatic hydroxyl groups is 1. The predicted molar refractivity (Wildman–Crippen MR) is 79.6 cm³/mol. The van der Waals surface area contributed by atoms with Crippen LogP contribution in [0.2, 0.25) is 0 Å². The summed E-state index contributed by atoms with van der Waals surface area (Å²) in [7, 11) is 1.83. The van der Waals surface area contributed by atoms with Gasteiger partial charge in [0.1, 0.15) is 0 Å². The van der Waals surface area contributed by atoms with Gasteiger partial charge in [0.25, 0.3) is 0 Å². The van der Waals surface area contributed by atoms with Crippen molar-refractivity contribution in [1.29, 1.82) is 0 Å². The molecule has 0 aliphatic heterocycles. The van der Waals surface area contributed by atoms with Gasteiger partial charge in [-0.05, 0) is 38.1 Å². The van der Waals surface area contributed by atoms with Crippen molar-refractivity contribution in [3.8, 4) is 0 Å². The lowest BCUT2D eigenvalue weighted by Crippen LogP contribution is -2.46. The molecular formula is C14H24N2O2S. The van der Waals surface area contributed by atoms with Gasteiger partial charge in [-0.25, -0.2) is 4.79 Å². The molecule has 2 N–H and O–H groups in total. The van der Waals surface area contributed by atoms with E-state index in [-0.39, 0.29) is 24.7 Å². The summed E-state index contributed by atoms with van der Waals surface area (Å²) in [6.07, 6.45) is 2.40. The fourth-order valence-corrected chi connectivity index (χ4v) is 2.67. The van der Waals surface area contributed by atoms with Crippen molar-refractivity contribution < 1.29 is 9.90 Å². The number of aliphatic hydroxyl groups excluding tert-OH is 1. The van der Waals surface area contributed by atoms with E-state index in [0.717, 1.165) is 19.3 Å². The molecule has 2 amide bonds.